The molecule has 0 atom stereocenters. The topological polar surface area (TPSA) is 88.4 Å². The van der Waals surface area contributed by atoms with E-state index < -0.39 is 17.4 Å². The molecule has 1 amide bonds. The van der Waals surface area contributed by atoms with Crippen LogP contribution in [0.2, 0.25) is 0 Å². The summed E-state index contributed by atoms with van der Waals surface area (Å²) in [6.07, 6.45) is 3.71. The van der Waals surface area contributed by atoms with E-state index in [1.165, 1.54) is 0 Å². The van der Waals surface area contributed by atoms with Crippen molar-refractivity contribution in [3.8, 4) is 0 Å². The number of nitrogens with one attached hydrogen (secondary N) is 1. The fourth-order valence-corrected chi connectivity index (χ4v) is 4.13. The lowest BCUT2D eigenvalue weighted by Gasteiger charge is -2.41. The van der Waals surface area contributed by atoms with Gasteiger partial charge >= 0.3 is 5.97 Å². The number of amides is 1. The van der Waals surface area contributed by atoms with E-state index in [1.54, 1.807) is 10.6 Å². The fraction of sp³-hybridized carbons (Fsp3) is 0.696. The number of hydrogen-bond acceptors (Lipinski definition) is 3. The SMILES string of the molecule is CCc1c(C)cc(C(=O)NC2(C(=O)O)CCC(C)(C)CC2)c(=O)n1CCC(C)C. The third-order valence-corrected chi connectivity index (χ3v) is 6.35. The summed E-state index contributed by atoms with van der Waals surface area (Å²) < 4.78 is 1.70. The zero-order valence-corrected chi connectivity index (χ0v) is 18.7. The first-order valence-electron chi connectivity index (χ1n) is 10.7. The molecule has 162 valence electrons. The van der Waals surface area contributed by atoms with Crippen LogP contribution < -0.4 is 10.9 Å². The van der Waals surface area contributed by atoms with Gasteiger partial charge in [-0.2, -0.15) is 0 Å². The van der Waals surface area contributed by atoms with Crippen molar-refractivity contribution in [1.29, 1.82) is 0 Å². The van der Waals surface area contributed by atoms with Gasteiger partial charge < -0.3 is 15.0 Å². The molecule has 1 aliphatic rings. The molecule has 1 aliphatic carbocycles. The predicted octanol–water partition coefficient (Wildman–Crippen LogP) is 3.92. The zero-order valence-electron chi connectivity index (χ0n) is 18.7. The first kappa shape index (κ1) is 23.2. The monoisotopic (exact) mass is 404 g/mol. The van der Waals surface area contributed by atoms with Gasteiger partial charge in [0.1, 0.15) is 11.1 Å². The van der Waals surface area contributed by atoms with Crippen LogP contribution in [-0.4, -0.2) is 27.1 Å². The second-order valence-corrected chi connectivity index (χ2v) is 9.69. The van der Waals surface area contributed by atoms with Crippen molar-refractivity contribution in [3.05, 3.63) is 33.2 Å². The minimum atomic E-state index is -1.31. The molecule has 0 bridgehead atoms. The van der Waals surface area contributed by atoms with E-state index in [0.29, 0.717) is 44.6 Å². The molecular weight excluding hydrogens is 368 g/mol. The van der Waals surface area contributed by atoms with Crippen molar-refractivity contribution in [3.63, 3.8) is 0 Å². The Morgan fingerprint density at radius 3 is 2.28 bits per heavy atom. The number of hydrogen-bond donors (Lipinski definition) is 2. The molecule has 2 N–H and O–H groups in total. The van der Waals surface area contributed by atoms with Gasteiger partial charge in [0.15, 0.2) is 0 Å². The Labute approximate surface area is 173 Å². The van der Waals surface area contributed by atoms with Crippen LogP contribution in [-0.2, 0) is 17.8 Å². The van der Waals surface area contributed by atoms with Crippen LogP contribution in [0.3, 0.4) is 0 Å². The van der Waals surface area contributed by atoms with Crippen molar-refractivity contribution in [2.24, 2.45) is 11.3 Å². The second kappa shape index (κ2) is 8.72. The quantitative estimate of drug-likeness (QED) is 0.721. The third-order valence-electron chi connectivity index (χ3n) is 6.35. The van der Waals surface area contributed by atoms with Gasteiger partial charge in [0.05, 0.1) is 0 Å². The lowest BCUT2D eigenvalue weighted by molar-refractivity contribution is -0.146. The zero-order chi connectivity index (χ0) is 22.0. The average Bonchev–Trinajstić information content (AvgIpc) is 2.63. The lowest BCUT2D eigenvalue weighted by atomic mass is 9.69. The summed E-state index contributed by atoms with van der Waals surface area (Å²) in [5.74, 6) is -1.17. The van der Waals surface area contributed by atoms with Crippen LogP contribution in [0.15, 0.2) is 10.9 Å². The minimum absolute atomic E-state index is 0.0360. The molecular formula is C23H36N2O4. The molecule has 1 fully saturated rings. The molecule has 0 aliphatic heterocycles. The number of carboxylic acid groups (broad SMARTS) is 1. The van der Waals surface area contributed by atoms with Crippen LogP contribution >= 0.6 is 0 Å². The molecule has 0 radical (unpaired) electrons. The Balaban J connectivity index is 2.39. The van der Waals surface area contributed by atoms with E-state index in [2.05, 4.69) is 33.0 Å². The minimum Gasteiger partial charge on any atom is -0.480 e. The summed E-state index contributed by atoms with van der Waals surface area (Å²) in [7, 11) is 0. The largest absolute Gasteiger partial charge is 0.480 e. The maximum Gasteiger partial charge on any atom is 0.329 e. The molecule has 0 saturated heterocycles. The van der Waals surface area contributed by atoms with E-state index in [4.69, 9.17) is 0 Å². The summed E-state index contributed by atoms with van der Waals surface area (Å²) in [5.41, 5.74) is 0.275. The van der Waals surface area contributed by atoms with E-state index in [-0.39, 0.29) is 16.5 Å². The van der Waals surface area contributed by atoms with Crippen molar-refractivity contribution < 1.29 is 14.7 Å². The van der Waals surface area contributed by atoms with Crippen molar-refractivity contribution in [2.45, 2.75) is 92.2 Å². The Kier molecular flexibility index (Phi) is 6.97. The standard InChI is InChI=1S/C23H36N2O4/c1-7-18-16(4)14-17(20(27)25(18)13-8-15(2)3)19(26)24-23(21(28)29)11-9-22(5,6)10-12-23/h14-15H,7-13H2,1-6H3,(H,24,26)(H,28,29). The highest BCUT2D eigenvalue weighted by molar-refractivity contribution is 5.97. The van der Waals surface area contributed by atoms with Crippen LogP contribution in [0.1, 0.15) is 88.3 Å². The number of pyridine rings is 1. The Hall–Kier alpha value is -2.11. The Morgan fingerprint density at radius 1 is 1.21 bits per heavy atom. The fourth-order valence-electron chi connectivity index (χ4n) is 4.13. The normalized spacial score (nSPS) is 17.9. The molecule has 2 rings (SSSR count). The van der Waals surface area contributed by atoms with Gasteiger partial charge in [0, 0.05) is 12.2 Å². The van der Waals surface area contributed by atoms with Gasteiger partial charge in [-0.05, 0) is 68.4 Å². The highest BCUT2D eigenvalue weighted by atomic mass is 16.4. The van der Waals surface area contributed by atoms with Gasteiger partial charge in [-0.1, -0.05) is 34.6 Å². The van der Waals surface area contributed by atoms with Gasteiger partial charge in [0.2, 0.25) is 0 Å². The Bertz CT molecular complexity index is 826. The molecule has 1 aromatic rings. The number of rotatable bonds is 7. The maximum absolute atomic E-state index is 13.1. The van der Waals surface area contributed by atoms with E-state index in [9.17, 15) is 19.5 Å². The molecule has 29 heavy (non-hydrogen) atoms. The predicted molar refractivity (Wildman–Crippen MR) is 114 cm³/mol. The first-order chi connectivity index (χ1) is 13.4. The number of aryl methyl sites for hydroxylation is 1. The molecule has 0 unspecified atom stereocenters. The van der Waals surface area contributed by atoms with Gasteiger partial charge in [-0.15, -0.1) is 0 Å². The van der Waals surface area contributed by atoms with Gasteiger partial charge in [0.25, 0.3) is 11.5 Å². The Morgan fingerprint density at radius 2 is 1.79 bits per heavy atom. The second-order valence-electron chi connectivity index (χ2n) is 9.69. The average molecular weight is 405 g/mol. The highest BCUT2D eigenvalue weighted by Gasteiger charge is 2.45. The summed E-state index contributed by atoms with van der Waals surface area (Å²) >= 11 is 0. The van der Waals surface area contributed by atoms with E-state index in [0.717, 1.165) is 17.7 Å². The molecule has 0 aromatic carbocycles. The summed E-state index contributed by atoms with van der Waals surface area (Å²) in [6, 6.07) is 1.62. The number of carboxylic acids is 1. The third kappa shape index (κ3) is 5.09. The van der Waals surface area contributed by atoms with Crippen LogP contribution in [0.4, 0.5) is 0 Å². The summed E-state index contributed by atoms with van der Waals surface area (Å²) in [6.45, 7) is 12.9. The molecule has 1 heterocycles. The smallest absolute Gasteiger partial charge is 0.329 e. The number of aliphatic carboxylic acids is 1. The number of nitrogens with zero attached hydrogens (tertiary/aromatic N) is 1. The van der Waals surface area contributed by atoms with Crippen LogP contribution in [0.5, 0.6) is 0 Å². The van der Waals surface area contributed by atoms with Crippen molar-refractivity contribution >= 4 is 11.9 Å². The van der Waals surface area contributed by atoms with E-state index in [1.807, 2.05) is 13.8 Å². The first-order valence-corrected chi connectivity index (χ1v) is 10.7. The van der Waals surface area contributed by atoms with Crippen LogP contribution in [0, 0.1) is 18.3 Å². The molecule has 1 aromatic heterocycles. The molecule has 6 nitrogen and oxygen atoms in total. The summed E-state index contributed by atoms with van der Waals surface area (Å²) in [5, 5.41) is 12.6. The lowest BCUT2D eigenvalue weighted by Crippen LogP contribution is -2.57. The maximum atomic E-state index is 13.1. The summed E-state index contributed by atoms with van der Waals surface area (Å²) in [4.78, 5) is 38.2. The van der Waals surface area contributed by atoms with Gasteiger partial charge in [-0.3, -0.25) is 9.59 Å². The number of carbonyl (C=O) groups is 2. The molecule has 1 saturated carbocycles. The van der Waals surface area contributed by atoms with Crippen molar-refractivity contribution in [1.82, 2.24) is 9.88 Å². The molecule has 6 heteroatoms. The van der Waals surface area contributed by atoms with E-state index >= 15 is 0 Å². The molecule has 0 spiro atoms. The number of aromatic nitrogens is 1. The van der Waals surface area contributed by atoms with Gasteiger partial charge in [-0.25, -0.2) is 4.79 Å². The highest BCUT2D eigenvalue weighted by Crippen LogP contribution is 2.40. The van der Waals surface area contributed by atoms with Crippen molar-refractivity contribution in [2.75, 3.05) is 0 Å². The number of carbonyl (C=O) groups excluding carboxylic acids is 1. The van der Waals surface area contributed by atoms with Crippen LogP contribution in [0.25, 0.3) is 0 Å².